The highest BCUT2D eigenvalue weighted by Gasteiger charge is 2.18. The number of halogens is 1. The zero-order valence-electron chi connectivity index (χ0n) is 16.0. The van der Waals surface area contributed by atoms with E-state index in [-0.39, 0.29) is 5.82 Å². The second-order valence-corrected chi connectivity index (χ2v) is 7.98. The van der Waals surface area contributed by atoms with Gasteiger partial charge in [-0.3, -0.25) is 0 Å². The van der Waals surface area contributed by atoms with Crippen molar-refractivity contribution in [1.29, 1.82) is 0 Å². The molecule has 2 N–H and O–H groups in total. The fraction of sp³-hybridized carbons (Fsp3) is 0.136. The summed E-state index contributed by atoms with van der Waals surface area (Å²) in [5.74, 6) is 0.571. The summed E-state index contributed by atoms with van der Waals surface area (Å²) in [4.78, 5) is 11.5. The number of hydrogen-bond donors (Lipinski definition) is 2. The van der Waals surface area contributed by atoms with Gasteiger partial charge >= 0.3 is 0 Å². The zero-order chi connectivity index (χ0) is 20.3. The zero-order valence-corrected chi connectivity index (χ0v) is 16.9. The SMILES string of the molecule is Fc1ccc(Sc2nnc(-c3c[nH]c4ccccc34)n2CCCc2cnc[nH]2)cc1. The molecule has 2 aromatic carbocycles. The van der Waals surface area contributed by atoms with Gasteiger partial charge in [-0.15, -0.1) is 10.2 Å². The smallest absolute Gasteiger partial charge is 0.196 e. The van der Waals surface area contributed by atoms with Crippen LogP contribution in [0.5, 0.6) is 0 Å². The van der Waals surface area contributed by atoms with Crippen molar-refractivity contribution in [2.75, 3.05) is 0 Å². The Bertz CT molecular complexity index is 1260. The van der Waals surface area contributed by atoms with Crippen molar-refractivity contribution in [2.24, 2.45) is 0 Å². The van der Waals surface area contributed by atoms with E-state index in [1.165, 1.54) is 23.9 Å². The summed E-state index contributed by atoms with van der Waals surface area (Å²) in [5.41, 5.74) is 3.18. The number of aromatic amines is 2. The predicted octanol–water partition coefficient (Wildman–Crippen LogP) is 5.07. The minimum absolute atomic E-state index is 0.250. The summed E-state index contributed by atoms with van der Waals surface area (Å²) in [6.07, 6.45) is 7.31. The van der Waals surface area contributed by atoms with Crippen molar-refractivity contribution in [1.82, 2.24) is 29.7 Å². The third-order valence-electron chi connectivity index (χ3n) is 4.95. The van der Waals surface area contributed by atoms with Gasteiger partial charge in [0.05, 0.1) is 6.33 Å². The maximum Gasteiger partial charge on any atom is 0.196 e. The van der Waals surface area contributed by atoms with Crippen molar-refractivity contribution in [3.05, 3.63) is 78.8 Å². The molecular formula is C22H19FN6S. The molecule has 150 valence electrons. The molecule has 3 heterocycles. The highest BCUT2D eigenvalue weighted by Crippen LogP contribution is 2.33. The van der Waals surface area contributed by atoms with Crippen LogP contribution < -0.4 is 0 Å². The van der Waals surface area contributed by atoms with Gasteiger partial charge in [-0.2, -0.15) is 0 Å². The Morgan fingerprint density at radius 3 is 2.70 bits per heavy atom. The van der Waals surface area contributed by atoms with E-state index in [2.05, 4.69) is 35.8 Å². The van der Waals surface area contributed by atoms with Crippen LogP contribution in [0, 0.1) is 5.82 Å². The lowest BCUT2D eigenvalue weighted by Gasteiger charge is -2.10. The van der Waals surface area contributed by atoms with Crippen LogP contribution in [0.3, 0.4) is 0 Å². The molecule has 6 nitrogen and oxygen atoms in total. The first-order valence-corrected chi connectivity index (χ1v) is 10.5. The van der Waals surface area contributed by atoms with Gasteiger partial charge in [0, 0.05) is 46.0 Å². The number of nitrogens with zero attached hydrogens (tertiary/aromatic N) is 4. The van der Waals surface area contributed by atoms with Crippen LogP contribution in [-0.4, -0.2) is 29.7 Å². The molecule has 0 amide bonds. The van der Waals surface area contributed by atoms with Gasteiger partial charge in [0.25, 0.3) is 0 Å². The average molecular weight is 419 g/mol. The summed E-state index contributed by atoms with van der Waals surface area (Å²) in [5, 5.41) is 10.9. The number of rotatable bonds is 7. The molecule has 0 radical (unpaired) electrons. The van der Waals surface area contributed by atoms with Crippen LogP contribution in [0.25, 0.3) is 22.3 Å². The third-order valence-corrected chi connectivity index (χ3v) is 5.94. The highest BCUT2D eigenvalue weighted by molar-refractivity contribution is 7.99. The van der Waals surface area contributed by atoms with Gasteiger partial charge < -0.3 is 14.5 Å². The molecule has 0 aliphatic heterocycles. The van der Waals surface area contributed by atoms with Gasteiger partial charge in [-0.25, -0.2) is 9.37 Å². The minimum atomic E-state index is -0.250. The molecule has 0 saturated carbocycles. The van der Waals surface area contributed by atoms with Crippen LogP contribution in [-0.2, 0) is 13.0 Å². The van der Waals surface area contributed by atoms with Gasteiger partial charge in [0.1, 0.15) is 5.82 Å². The Kier molecular flexibility index (Phi) is 5.06. The van der Waals surface area contributed by atoms with E-state index in [1.54, 1.807) is 18.5 Å². The fourth-order valence-corrected chi connectivity index (χ4v) is 4.33. The molecule has 0 atom stereocenters. The first-order valence-electron chi connectivity index (χ1n) is 9.68. The predicted molar refractivity (Wildman–Crippen MR) is 115 cm³/mol. The second-order valence-electron chi connectivity index (χ2n) is 6.94. The Hall–Kier alpha value is -3.39. The first-order chi connectivity index (χ1) is 14.8. The van der Waals surface area contributed by atoms with Gasteiger partial charge in [-0.05, 0) is 54.9 Å². The highest BCUT2D eigenvalue weighted by atomic mass is 32.2. The number of benzene rings is 2. The minimum Gasteiger partial charge on any atom is -0.360 e. The first kappa shape index (κ1) is 18.6. The molecular weight excluding hydrogens is 399 g/mol. The van der Waals surface area contributed by atoms with Crippen molar-refractivity contribution in [2.45, 2.75) is 29.4 Å². The summed E-state index contributed by atoms with van der Waals surface area (Å²) in [6, 6.07) is 14.6. The van der Waals surface area contributed by atoms with Crippen molar-refractivity contribution < 1.29 is 4.39 Å². The van der Waals surface area contributed by atoms with Crippen LogP contribution >= 0.6 is 11.8 Å². The Labute approximate surface area is 176 Å². The maximum absolute atomic E-state index is 13.3. The molecule has 0 unspecified atom stereocenters. The number of para-hydroxylation sites is 1. The van der Waals surface area contributed by atoms with Crippen molar-refractivity contribution >= 4 is 22.7 Å². The van der Waals surface area contributed by atoms with Crippen LogP contribution in [0.1, 0.15) is 12.1 Å². The second kappa shape index (κ2) is 8.16. The van der Waals surface area contributed by atoms with E-state index in [0.29, 0.717) is 0 Å². The number of H-pyrrole nitrogens is 2. The molecule has 0 aliphatic carbocycles. The Balaban J connectivity index is 1.49. The molecule has 0 aliphatic rings. The van der Waals surface area contributed by atoms with Gasteiger partial charge in [0.2, 0.25) is 0 Å². The van der Waals surface area contributed by atoms with E-state index in [1.807, 2.05) is 30.6 Å². The van der Waals surface area contributed by atoms with Crippen LogP contribution in [0.2, 0.25) is 0 Å². The number of nitrogens with one attached hydrogen (secondary N) is 2. The summed E-state index contributed by atoms with van der Waals surface area (Å²) in [6.45, 7) is 0.754. The average Bonchev–Trinajstić information content (AvgIpc) is 3.50. The lowest BCUT2D eigenvalue weighted by molar-refractivity contribution is 0.596. The lowest BCUT2D eigenvalue weighted by Crippen LogP contribution is -2.04. The monoisotopic (exact) mass is 418 g/mol. The number of fused-ring (bicyclic) bond motifs is 1. The summed E-state index contributed by atoms with van der Waals surface area (Å²) in [7, 11) is 0. The van der Waals surface area contributed by atoms with Crippen molar-refractivity contribution in [3.63, 3.8) is 0 Å². The third kappa shape index (κ3) is 3.73. The molecule has 3 aromatic heterocycles. The van der Waals surface area contributed by atoms with Crippen molar-refractivity contribution in [3.8, 4) is 11.4 Å². The van der Waals surface area contributed by atoms with E-state index in [4.69, 9.17) is 0 Å². The Morgan fingerprint density at radius 2 is 1.87 bits per heavy atom. The molecule has 0 saturated heterocycles. The van der Waals surface area contributed by atoms with E-state index in [0.717, 1.165) is 57.4 Å². The molecule has 30 heavy (non-hydrogen) atoms. The molecule has 0 fully saturated rings. The standard InChI is InChI=1S/C22H19FN6S/c23-15-7-9-17(10-8-15)30-22-28-27-21(19-13-25-20-6-2-1-5-18(19)20)29(22)11-3-4-16-12-24-14-26-16/h1-2,5-10,12-14,25H,3-4,11H2,(H,24,26). The largest absolute Gasteiger partial charge is 0.360 e. The molecule has 0 bridgehead atoms. The van der Waals surface area contributed by atoms with E-state index in [9.17, 15) is 4.39 Å². The molecule has 0 spiro atoms. The number of aryl methyl sites for hydroxylation is 1. The topological polar surface area (TPSA) is 75.2 Å². The van der Waals surface area contributed by atoms with E-state index < -0.39 is 0 Å². The Morgan fingerprint density at radius 1 is 1.00 bits per heavy atom. The number of aromatic nitrogens is 6. The fourth-order valence-electron chi connectivity index (χ4n) is 3.48. The lowest BCUT2D eigenvalue weighted by atomic mass is 10.1. The number of imidazole rings is 1. The van der Waals surface area contributed by atoms with Gasteiger partial charge in [-0.1, -0.05) is 18.2 Å². The summed E-state index contributed by atoms with van der Waals surface area (Å²) < 4.78 is 15.4. The number of hydrogen-bond acceptors (Lipinski definition) is 4. The summed E-state index contributed by atoms with van der Waals surface area (Å²) >= 11 is 1.49. The normalized spacial score (nSPS) is 11.4. The quantitative estimate of drug-likeness (QED) is 0.387. The van der Waals surface area contributed by atoms with Crippen LogP contribution in [0.15, 0.2) is 77.3 Å². The maximum atomic E-state index is 13.3. The van der Waals surface area contributed by atoms with Crippen LogP contribution in [0.4, 0.5) is 4.39 Å². The molecule has 5 rings (SSSR count). The van der Waals surface area contributed by atoms with Gasteiger partial charge in [0.15, 0.2) is 11.0 Å². The van der Waals surface area contributed by atoms with E-state index >= 15 is 0 Å². The molecule has 5 aromatic rings. The molecule has 8 heteroatoms.